The van der Waals surface area contributed by atoms with Crippen LogP contribution in [-0.2, 0) is 11.2 Å². The number of aromatic nitrogens is 1. The van der Waals surface area contributed by atoms with Crippen LogP contribution in [0.4, 0.5) is 0 Å². The molecule has 1 unspecified atom stereocenters. The standard InChI is InChI=1S/C12H21N3O/c1-3-7-16-9-12(15-13)11-5-6-14-8-10(11)4-2/h5-6,8,12,15H,3-4,7,9,13H2,1-2H3. The zero-order chi connectivity index (χ0) is 11.8. The minimum atomic E-state index is 0.0458. The molecule has 4 heteroatoms. The fourth-order valence-electron chi connectivity index (χ4n) is 1.65. The van der Waals surface area contributed by atoms with Gasteiger partial charge in [-0.15, -0.1) is 0 Å². The molecule has 0 aromatic carbocycles. The molecule has 0 bridgehead atoms. The molecule has 0 aliphatic carbocycles. The number of nitrogens with one attached hydrogen (secondary N) is 1. The van der Waals surface area contributed by atoms with Crippen LogP contribution in [0.5, 0.6) is 0 Å². The summed E-state index contributed by atoms with van der Waals surface area (Å²) in [6.45, 7) is 5.57. The molecule has 0 fully saturated rings. The zero-order valence-corrected chi connectivity index (χ0v) is 10.1. The van der Waals surface area contributed by atoms with Crippen LogP contribution in [-0.4, -0.2) is 18.2 Å². The van der Waals surface area contributed by atoms with Crippen LogP contribution in [0.3, 0.4) is 0 Å². The lowest BCUT2D eigenvalue weighted by Gasteiger charge is -2.18. The monoisotopic (exact) mass is 223 g/mol. The Balaban J connectivity index is 2.69. The summed E-state index contributed by atoms with van der Waals surface area (Å²) in [5.74, 6) is 5.56. The Hall–Kier alpha value is -0.970. The van der Waals surface area contributed by atoms with Gasteiger partial charge in [0.1, 0.15) is 0 Å². The van der Waals surface area contributed by atoms with Crippen molar-refractivity contribution in [3.63, 3.8) is 0 Å². The Morgan fingerprint density at radius 1 is 1.50 bits per heavy atom. The molecule has 0 saturated heterocycles. The predicted octanol–water partition coefficient (Wildman–Crippen LogP) is 1.57. The molecule has 16 heavy (non-hydrogen) atoms. The van der Waals surface area contributed by atoms with Gasteiger partial charge in [-0.05, 0) is 30.0 Å². The fourth-order valence-corrected chi connectivity index (χ4v) is 1.65. The number of ether oxygens (including phenoxy) is 1. The van der Waals surface area contributed by atoms with E-state index in [4.69, 9.17) is 10.6 Å². The summed E-state index contributed by atoms with van der Waals surface area (Å²) in [6.07, 6.45) is 5.65. The number of hydrogen-bond acceptors (Lipinski definition) is 4. The molecule has 0 saturated carbocycles. The molecule has 0 aliphatic heterocycles. The number of rotatable bonds is 7. The average Bonchev–Trinajstić information content (AvgIpc) is 2.35. The van der Waals surface area contributed by atoms with Crippen molar-refractivity contribution < 1.29 is 4.74 Å². The Morgan fingerprint density at radius 2 is 2.31 bits per heavy atom. The summed E-state index contributed by atoms with van der Waals surface area (Å²) in [4.78, 5) is 4.12. The minimum Gasteiger partial charge on any atom is -0.379 e. The largest absolute Gasteiger partial charge is 0.379 e. The van der Waals surface area contributed by atoms with Crippen LogP contribution in [0, 0.1) is 0 Å². The molecule has 1 rings (SSSR count). The molecular weight excluding hydrogens is 202 g/mol. The maximum Gasteiger partial charge on any atom is 0.0697 e. The van der Waals surface area contributed by atoms with Gasteiger partial charge in [0.05, 0.1) is 12.6 Å². The molecule has 0 amide bonds. The zero-order valence-electron chi connectivity index (χ0n) is 10.1. The van der Waals surface area contributed by atoms with Crippen molar-refractivity contribution in [1.29, 1.82) is 0 Å². The van der Waals surface area contributed by atoms with Crippen LogP contribution in [0.15, 0.2) is 18.5 Å². The predicted molar refractivity (Wildman–Crippen MR) is 64.8 cm³/mol. The van der Waals surface area contributed by atoms with Gasteiger partial charge in [0, 0.05) is 19.0 Å². The lowest BCUT2D eigenvalue weighted by Crippen LogP contribution is -2.32. The second-order valence-electron chi connectivity index (χ2n) is 3.72. The van der Waals surface area contributed by atoms with E-state index in [1.54, 1.807) is 6.20 Å². The third kappa shape index (κ3) is 3.56. The topological polar surface area (TPSA) is 60.2 Å². The maximum absolute atomic E-state index is 5.56. The number of hydrogen-bond donors (Lipinski definition) is 2. The second kappa shape index (κ2) is 7.33. The van der Waals surface area contributed by atoms with Gasteiger partial charge in [0.25, 0.3) is 0 Å². The van der Waals surface area contributed by atoms with Crippen molar-refractivity contribution in [2.24, 2.45) is 5.84 Å². The van der Waals surface area contributed by atoms with Gasteiger partial charge in [-0.1, -0.05) is 13.8 Å². The van der Waals surface area contributed by atoms with Crippen LogP contribution in [0.25, 0.3) is 0 Å². The Morgan fingerprint density at radius 3 is 2.94 bits per heavy atom. The number of pyridine rings is 1. The summed E-state index contributed by atoms with van der Waals surface area (Å²) >= 11 is 0. The van der Waals surface area contributed by atoms with Crippen molar-refractivity contribution >= 4 is 0 Å². The number of hydrazine groups is 1. The van der Waals surface area contributed by atoms with E-state index in [2.05, 4.69) is 24.3 Å². The van der Waals surface area contributed by atoms with Crippen LogP contribution in [0.1, 0.15) is 37.4 Å². The molecule has 0 radical (unpaired) electrons. The normalized spacial score (nSPS) is 12.7. The highest BCUT2D eigenvalue weighted by Gasteiger charge is 2.12. The van der Waals surface area contributed by atoms with Gasteiger partial charge in [-0.3, -0.25) is 16.3 Å². The first-order valence-electron chi connectivity index (χ1n) is 5.80. The average molecular weight is 223 g/mol. The molecule has 1 aromatic rings. The van der Waals surface area contributed by atoms with Gasteiger partial charge in [-0.25, -0.2) is 0 Å². The summed E-state index contributed by atoms with van der Waals surface area (Å²) in [5.41, 5.74) is 5.19. The first-order chi connectivity index (χ1) is 7.83. The first-order valence-corrected chi connectivity index (χ1v) is 5.80. The van der Waals surface area contributed by atoms with Crippen molar-refractivity contribution in [3.05, 3.63) is 29.6 Å². The van der Waals surface area contributed by atoms with E-state index in [-0.39, 0.29) is 6.04 Å². The van der Waals surface area contributed by atoms with Gasteiger partial charge < -0.3 is 4.74 Å². The molecule has 0 spiro atoms. The Bertz CT molecular complexity index is 304. The van der Waals surface area contributed by atoms with Crippen LogP contribution >= 0.6 is 0 Å². The molecule has 3 N–H and O–H groups in total. The van der Waals surface area contributed by atoms with E-state index in [1.165, 1.54) is 11.1 Å². The van der Waals surface area contributed by atoms with E-state index in [1.807, 2.05) is 12.3 Å². The van der Waals surface area contributed by atoms with Gasteiger partial charge >= 0.3 is 0 Å². The lowest BCUT2D eigenvalue weighted by atomic mass is 10.0. The molecular formula is C12H21N3O. The molecule has 4 nitrogen and oxygen atoms in total. The molecule has 1 aromatic heterocycles. The molecule has 0 aliphatic rings. The smallest absolute Gasteiger partial charge is 0.0697 e. The minimum absolute atomic E-state index is 0.0458. The van der Waals surface area contributed by atoms with E-state index >= 15 is 0 Å². The maximum atomic E-state index is 5.56. The SMILES string of the molecule is CCCOCC(NN)c1ccncc1CC. The number of nitrogens with two attached hydrogens (primary N) is 1. The third-order valence-electron chi connectivity index (χ3n) is 2.53. The van der Waals surface area contributed by atoms with E-state index in [0.717, 1.165) is 19.4 Å². The first kappa shape index (κ1) is 13.1. The highest BCUT2D eigenvalue weighted by atomic mass is 16.5. The summed E-state index contributed by atoms with van der Waals surface area (Å²) in [6, 6.07) is 2.04. The highest BCUT2D eigenvalue weighted by molar-refractivity contribution is 5.26. The lowest BCUT2D eigenvalue weighted by molar-refractivity contribution is 0.112. The van der Waals surface area contributed by atoms with Crippen LogP contribution in [0.2, 0.25) is 0 Å². The van der Waals surface area contributed by atoms with Crippen LogP contribution < -0.4 is 11.3 Å². The van der Waals surface area contributed by atoms with Gasteiger partial charge in [-0.2, -0.15) is 0 Å². The summed E-state index contributed by atoms with van der Waals surface area (Å²) in [5, 5.41) is 0. The van der Waals surface area contributed by atoms with Gasteiger partial charge in [0.2, 0.25) is 0 Å². The molecule has 1 atom stereocenters. The van der Waals surface area contributed by atoms with Gasteiger partial charge in [0.15, 0.2) is 0 Å². The Kier molecular flexibility index (Phi) is 6.00. The Labute approximate surface area is 97.2 Å². The van der Waals surface area contributed by atoms with Crippen molar-refractivity contribution in [2.75, 3.05) is 13.2 Å². The van der Waals surface area contributed by atoms with Crippen molar-refractivity contribution in [2.45, 2.75) is 32.7 Å². The van der Waals surface area contributed by atoms with E-state index in [9.17, 15) is 0 Å². The summed E-state index contributed by atoms with van der Waals surface area (Å²) in [7, 11) is 0. The molecule has 90 valence electrons. The van der Waals surface area contributed by atoms with E-state index in [0.29, 0.717) is 6.61 Å². The quantitative estimate of drug-likeness (QED) is 0.418. The fraction of sp³-hybridized carbons (Fsp3) is 0.583. The van der Waals surface area contributed by atoms with Crippen molar-refractivity contribution in [3.8, 4) is 0 Å². The third-order valence-corrected chi connectivity index (χ3v) is 2.53. The number of aryl methyl sites for hydroxylation is 1. The number of nitrogens with zero attached hydrogens (tertiary/aromatic N) is 1. The molecule has 1 heterocycles. The summed E-state index contributed by atoms with van der Waals surface area (Å²) < 4.78 is 5.53. The van der Waals surface area contributed by atoms with Crippen molar-refractivity contribution in [1.82, 2.24) is 10.4 Å². The highest BCUT2D eigenvalue weighted by Crippen LogP contribution is 2.17. The second-order valence-corrected chi connectivity index (χ2v) is 3.72. The van der Waals surface area contributed by atoms with E-state index < -0.39 is 0 Å².